The second kappa shape index (κ2) is 7.42. The zero-order valence-corrected chi connectivity index (χ0v) is 13.8. The van der Waals surface area contributed by atoms with Crippen LogP contribution in [0.5, 0.6) is 0 Å². The molecule has 0 fully saturated rings. The summed E-state index contributed by atoms with van der Waals surface area (Å²) in [4.78, 5) is 24.5. The molecule has 0 radical (unpaired) electrons. The number of para-hydroxylation sites is 1. The number of rotatable bonds is 4. The van der Waals surface area contributed by atoms with Gasteiger partial charge in [-0.1, -0.05) is 24.3 Å². The van der Waals surface area contributed by atoms with E-state index in [0.717, 1.165) is 11.1 Å². The average molecular weight is 322 g/mol. The minimum atomic E-state index is -0.982. The third kappa shape index (κ3) is 3.79. The molecular formula is C19H18N2O3. The lowest BCUT2D eigenvalue weighted by Gasteiger charge is -2.15. The first-order valence-corrected chi connectivity index (χ1v) is 7.51. The van der Waals surface area contributed by atoms with Crippen LogP contribution >= 0.6 is 0 Å². The van der Waals surface area contributed by atoms with Crippen LogP contribution in [0.4, 0.5) is 5.69 Å². The average Bonchev–Trinajstić information content (AvgIpc) is 2.57. The molecule has 122 valence electrons. The number of nitrogens with zero attached hydrogens (tertiary/aromatic N) is 1. The fourth-order valence-corrected chi connectivity index (χ4v) is 2.17. The van der Waals surface area contributed by atoms with Crippen molar-refractivity contribution < 1.29 is 14.3 Å². The van der Waals surface area contributed by atoms with Crippen molar-refractivity contribution in [2.75, 3.05) is 5.32 Å². The van der Waals surface area contributed by atoms with Gasteiger partial charge in [0.1, 0.15) is 6.07 Å². The van der Waals surface area contributed by atoms with Gasteiger partial charge >= 0.3 is 5.97 Å². The molecule has 0 saturated heterocycles. The first-order chi connectivity index (χ1) is 11.4. The Labute approximate surface area is 140 Å². The number of nitrogens with one attached hydrogen (secondary N) is 1. The molecule has 24 heavy (non-hydrogen) atoms. The van der Waals surface area contributed by atoms with Gasteiger partial charge in [-0.3, -0.25) is 4.79 Å². The van der Waals surface area contributed by atoms with Gasteiger partial charge in [-0.2, -0.15) is 5.26 Å². The minimum absolute atomic E-state index is 0.346. The summed E-state index contributed by atoms with van der Waals surface area (Å²) in [6.07, 6.45) is -0.982. The molecule has 0 heterocycles. The molecule has 2 rings (SSSR count). The Kier molecular flexibility index (Phi) is 5.33. The summed E-state index contributed by atoms with van der Waals surface area (Å²) in [7, 11) is 0. The van der Waals surface area contributed by atoms with Crippen molar-refractivity contribution in [1.82, 2.24) is 0 Å². The fourth-order valence-electron chi connectivity index (χ4n) is 2.17. The molecule has 0 bridgehead atoms. The van der Waals surface area contributed by atoms with E-state index in [1.54, 1.807) is 36.4 Å². The van der Waals surface area contributed by atoms with Crippen LogP contribution < -0.4 is 5.32 Å². The number of carbonyl (C=O) groups excluding carboxylic acids is 2. The predicted octanol–water partition coefficient (Wildman–Crippen LogP) is 3.36. The van der Waals surface area contributed by atoms with Crippen LogP contribution in [0.1, 0.15) is 34.0 Å². The highest BCUT2D eigenvalue weighted by Gasteiger charge is 2.21. The van der Waals surface area contributed by atoms with Gasteiger partial charge in [-0.25, -0.2) is 4.79 Å². The highest BCUT2D eigenvalue weighted by Crippen LogP contribution is 2.16. The monoisotopic (exact) mass is 322 g/mol. The van der Waals surface area contributed by atoms with Crippen LogP contribution in [0.25, 0.3) is 0 Å². The molecule has 2 aromatic carbocycles. The summed E-state index contributed by atoms with van der Waals surface area (Å²) >= 11 is 0. The first-order valence-electron chi connectivity index (χ1n) is 7.51. The number of benzene rings is 2. The minimum Gasteiger partial charge on any atom is -0.449 e. The van der Waals surface area contributed by atoms with Crippen molar-refractivity contribution in [2.45, 2.75) is 26.9 Å². The fraction of sp³-hybridized carbons (Fsp3) is 0.211. The van der Waals surface area contributed by atoms with Gasteiger partial charge in [0.2, 0.25) is 0 Å². The lowest BCUT2D eigenvalue weighted by atomic mass is 10.0. The molecule has 0 spiro atoms. The molecule has 5 nitrogen and oxygen atoms in total. The highest BCUT2D eigenvalue weighted by molar-refractivity contribution is 5.98. The second-order valence-corrected chi connectivity index (χ2v) is 5.44. The van der Waals surface area contributed by atoms with E-state index in [2.05, 4.69) is 5.32 Å². The number of nitriles is 1. The van der Waals surface area contributed by atoms with Crippen LogP contribution in [0.3, 0.4) is 0 Å². The zero-order valence-electron chi connectivity index (χ0n) is 13.8. The van der Waals surface area contributed by atoms with E-state index < -0.39 is 18.0 Å². The molecule has 0 aliphatic carbocycles. The van der Waals surface area contributed by atoms with Crippen molar-refractivity contribution in [3.8, 4) is 6.07 Å². The van der Waals surface area contributed by atoms with Crippen LogP contribution in [0.2, 0.25) is 0 Å². The quantitative estimate of drug-likeness (QED) is 0.875. The first kappa shape index (κ1) is 17.2. The van der Waals surface area contributed by atoms with Crippen molar-refractivity contribution in [1.29, 1.82) is 5.26 Å². The van der Waals surface area contributed by atoms with Gasteiger partial charge in [0.15, 0.2) is 6.10 Å². The Bertz CT molecular complexity index is 822. The van der Waals surface area contributed by atoms with Crippen LogP contribution in [0, 0.1) is 25.2 Å². The molecule has 5 heteroatoms. The van der Waals surface area contributed by atoms with E-state index in [1.165, 1.54) is 6.92 Å². The molecule has 0 saturated carbocycles. The third-order valence-electron chi connectivity index (χ3n) is 3.78. The van der Waals surface area contributed by atoms with Crippen molar-refractivity contribution >= 4 is 17.6 Å². The Morgan fingerprint density at radius 3 is 2.54 bits per heavy atom. The summed E-state index contributed by atoms with van der Waals surface area (Å²) in [5.41, 5.74) is 2.97. The van der Waals surface area contributed by atoms with E-state index in [0.29, 0.717) is 16.8 Å². The Morgan fingerprint density at radius 1 is 1.12 bits per heavy atom. The van der Waals surface area contributed by atoms with Gasteiger partial charge in [0.05, 0.1) is 16.8 Å². The molecule has 0 aromatic heterocycles. The Morgan fingerprint density at radius 2 is 1.83 bits per heavy atom. The molecule has 1 N–H and O–H groups in total. The van der Waals surface area contributed by atoms with Gasteiger partial charge in [0.25, 0.3) is 5.91 Å². The van der Waals surface area contributed by atoms with Gasteiger partial charge in [-0.15, -0.1) is 0 Å². The van der Waals surface area contributed by atoms with E-state index in [-0.39, 0.29) is 0 Å². The molecule has 1 amide bonds. The zero-order chi connectivity index (χ0) is 17.7. The smallest absolute Gasteiger partial charge is 0.339 e. The highest BCUT2D eigenvalue weighted by atomic mass is 16.5. The summed E-state index contributed by atoms with van der Waals surface area (Å²) < 4.78 is 5.25. The van der Waals surface area contributed by atoms with Crippen LogP contribution in [0.15, 0.2) is 42.5 Å². The number of amides is 1. The number of carbonyl (C=O) groups is 2. The maximum Gasteiger partial charge on any atom is 0.339 e. The van der Waals surface area contributed by atoms with Crippen molar-refractivity contribution in [3.05, 3.63) is 64.7 Å². The number of aryl methyl sites for hydroxylation is 1. The number of ether oxygens (including phenoxy) is 1. The molecule has 2 aromatic rings. The number of hydrogen-bond donors (Lipinski definition) is 1. The second-order valence-electron chi connectivity index (χ2n) is 5.44. The summed E-state index contributed by atoms with van der Waals surface area (Å²) in [6, 6.07) is 14.0. The molecule has 0 aliphatic heterocycles. The number of esters is 1. The Hall–Kier alpha value is -3.13. The van der Waals surface area contributed by atoms with Gasteiger partial charge < -0.3 is 10.1 Å². The summed E-state index contributed by atoms with van der Waals surface area (Å²) in [6.45, 7) is 5.23. The van der Waals surface area contributed by atoms with Gasteiger partial charge in [-0.05, 0) is 50.1 Å². The SMILES string of the molecule is Cc1cccc(C(=O)O[C@H](C)C(=O)Nc2ccccc2C#N)c1C. The van der Waals surface area contributed by atoms with Crippen molar-refractivity contribution in [3.63, 3.8) is 0 Å². The Balaban J connectivity index is 2.08. The standard InChI is InChI=1S/C19H18N2O3/c1-12-7-6-9-16(13(12)2)19(23)24-14(3)18(22)21-17-10-5-4-8-15(17)11-20/h4-10,14H,1-3H3,(H,21,22)/t14-/m1/s1. The lowest BCUT2D eigenvalue weighted by Crippen LogP contribution is -2.30. The number of hydrogen-bond acceptors (Lipinski definition) is 4. The molecule has 0 aliphatic rings. The normalized spacial score (nSPS) is 11.2. The number of anilines is 1. The lowest BCUT2D eigenvalue weighted by molar-refractivity contribution is -0.123. The molecular weight excluding hydrogens is 304 g/mol. The maximum absolute atomic E-state index is 12.3. The third-order valence-corrected chi connectivity index (χ3v) is 3.78. The van der Waals surface area contributed by atoms with Crippen LogP contribution in [-0.2, 0) is 9.53 Å². The van der Waals surface area contributed by atoms with E-state index in [1.807, 2.05) is 26.0 Å². The maximum atomic E-state index is 12.3. The van der Waals surface area contributed by atoms with E-state index in [9.17, 15) is 9.59 Å². The largest absolute Gasteiger partial charge is 0.449 e. The predicted molar refractivity (Wildman–Crippen MR) is 90.6 cm³/mol. The van der Waals surface area contributed by atoms with Gasteiger partial charge in [0, 0.05) is 0 Å². The summed E-state index contributed by atoms with van der Waals surface area (Å²) in [5, 5.41) is 11.6. The molecule has 1 atom stereocenters. The van der Waals surface area contributed by atoms with Crippen molar-refractivity contribution in [2.24, 2.45) is 0 Å². The summed E-state index contributed by atoms with van der Waals surface area (Å²) in [5.74, 6) is -1.04. The van der Waals surface area contributed by atoms with E-state index in [4.69, 9.17) is 10.00 Å². The van der Waals surface area contributed by atoms with E-state index >= 15 is 0 Å². The molecule has 0 unspecified atom stereocenters. The topological polar surface area (TPSA) is 79.2 Å². The van der Waals surface area contributed by atoms with Crippen LogP contribution in [-0.4, -0.2) is 18.0 Å².